The van der Waals surface area contributed by atoms with Crippen LogP contribution in [0.3, 0.4) is 0 Å². The number of ether oxygens (including phenoxy) is 1. The van der Waals surface area contributed by atoms with Crippen molar-refractivity contribution in [3.05, 3.63) is 34.4 Å². The first-order chi connectivity index (χ1) is 8.95. The van der Waals surface area contributed by atoms with Crippen LogP contribution in [-0.4, -0.2) is 38.6 Å². The Kier molecular flexibility index (Phi) is 3.60. The van der Waals surface area contributed by atoms with E-state index in [2.05, 4.69) is 4.98 Å². The predicted molar refractivity (Wildman–Crippen MR) is 59.2 cm³/mol. The van der Waals surface area contributed by atoms with Crippen LogP contribution < -0.4 is 11.4 Å². The Morgan fingerprint density at radius 2 is 2.26 bits per heavy atom. The molecule has 7 nitrogen and oxygen atoms in total. The lowest BCUT2D eigenvalue weighted by Gasteiger charge is -2.14. The van der Waals surface area contributed by atoms with Crippen LogP contribution in [0.25, 0.3) is 0 Å². The third-order valence-electron chi connectivity index (χ3n) is 2.74. The van der Waals surface area contributed by atoms with Gasteiger partial charge in [-0.3, -0.25) is 4.57 Å². The highest BCUT2D eigenvalue weighted by Crippen LogP contribution is 2.36. The van der Waals surface area contributed by atoms with Crippen molar-refractivity contribution >= 4 is 5.82 Å². The summed E-state index contributed by atoms with van der Waals surface area (Å²) in [6.45, 7) is -0.661. The fourth-order valence-corrected chi connectivity index (χ4v) is 1.83. The number of halogens is 2. The maximum atomic E-state index is 12.8. The van der Waals surface area contributed by atoms with Crippen LogP contribution in [0.5, 0.6) is 0 Å². The van der Waals surface area contributed by atoms with Crippen LogP contribution in [0.2, 0.25) is 0 Å². The van der Waals surface area contributed by atoms with Gasteiger partial charge >= 0.3 is 5.69 Å². The minimum atomic E-state index is -2.17. The number of rotatable bonds is 2. The molecule has 0 spiro atoms. The van der Waals surface area contributed by atoms with Gasteiger partial charge in [0.2, 0.25) is 0 Å². The van der Waals surface area contributed by atoms with E-state index < -0.39 is 42.4 Å². The molecule has 1 fully saturated rings. The summed E-state index contributed by atoms with van der Waals surface area (Å²) in [6, 6.07) is 1.23. The molecule has 19 heavy (non-hydrogen) atoms. The van der Waals surface area contributed by atoms with Gasteiger partial charge in [-0.15, -0.1) is 0 Å². The van der Waals surface area contributed by atoms with E-state index in [0.717, 1.165) is 10.8 Å². The molecule has 2 heterocycles. The standard InChI is InChI=1S/C10H11F2N3O4/c11-8(12)6-7(17)4(3-16)19-9(6)15-2-1-5(13)14-10(15)18/h1-2,4,7,9,16-17H,3H2,(H2,13,14,18)/t4-,7?,9-/m1/s1. The molecular weight excluding hydrogens is 264 g/mol. The molecular formula is C10H11F2N3O4. The molecule has 2 rings (SSSR count). The van der Waals surface area contributed by atoms with Crippen LogP contribution >= 0.6 is 0 Å². The number of aliphatic hydroxyl groups excluding tert-OH is 2. The number of anilines is 1. The number of nitrogen functional groups attached to an aromatic ring is 1. The van der Waals surface area contributed by atoms with E-state index in [1.807, 2.05) is 0 Å². The van der Waals surface area contributed by atoms with E-state index in [0.29, 0.717) is 0 Å². The van der Waals surface area contributed by atoms with Gasteiger partial charge in [0.25, 0.3) is 6.08 Å². The lowest BCUT2D eigenvalue weighted by atomic mass is 10.1. The smallest absolute Gasteiger partial charge is 0.351 e. The van der Waals surface area contributed by atoms with Gasteiger partial charge in [-0.05, 0) is 6.07 Å². The summed E-state index contributed by atoms with van der Waals surface area (Å²) in [5.74, 6) is -0.0650. The summed E-state index contributed by atoms with van der Waals surface area (Å²) in [6.07, 6.45) is -5.48. The van der Waals surface area contributed by atoms with Gasteiger partial charge in [-0.2, -0.15) is 13.8 Å². The van der Waals surface area contributed by atoms with Gasteiger partial charge in [0, 0.05) is 6.20 Å². The van der Waals surface area contributed by atoms with Gasteiger partial charge in [0.15, 0.2) is 6.23 Å². The topological polar surface area (TPSA) is 111 Å². The Morgan fingerprint density at radius 1 is 1.58 bits per heavy atom. The molecule has 4 N–H and O–H groups in total. The zero-order valence-electron chi connectivity index (χ0n) is 9.53. The van der Waals surface area contributed by atoms with E-state index in [9.17, 15) is 18.7 Å². The molecule has 1 aromatic heterocycles. The van der Waals surface area contributed by atoms with Crippen molar-refractivity contribution in [2.24, 2.45) is 0 Å². The van der Waals surface area contributed by atoms with Crippen molar-refractivity contribution < 1.29 is 23.7 Å². The number of aromatic nitrogens is 2. The SMILES string of the molecule is Nc1ccn([C@@H]2O[C@H](CO)C(O)C2=C(F)F)c(=O)n1. The van der Waals surface area contributed by atoms with Crippen LogP contribution in [-0.2, 0) is 4.74 Å². The molecule has 9 heteroatoms. The van der Waals surface area contributed by atoms with Crippen LogP contribution in [0.4, 0.5) is 14.6 Å². The molecule has 1 aromatic rings. The lowest BCUT2D eigenvalue weighted by molar-refractivity contribution is -0.0448. The fraction of sp³-hybridized carbons (Fsp3) is 0.400. The highest BCUT2D eigenvalue weighted by atomic mass is 19.3. The Morgan fingerprint density at radius 3 is 2.79 bits per heavy atom. The zero-order chi connectivity index (χ0) is 14.2. The van der Waals surface area contributed by atoms with Crippen molar-refractivity contribution in [2.75, 3.05) is 12.3 Å². The summed E-state index contributed by atoms with van der Waals surface area (Å²) in [7, 11) is 0. The van der Waals surface area contributed by atoms with Crippen molar-refractivity contribution in [3.63, 3.8) is 0 Å². The average Bonchev–Trinajstić information content (AvgIpc) is 2.66. The number of nitrogens with two attached hydrogens (primary N) is 1. The van der Waals surface area contributed by atoms with Crippen LogP contribution in [0.15, 0.2) is 28.7 Å². The van der Waals surface area contributed by atoms with Gasteiger partial charge in [0.1, 0.15) is 18.0 Å². The van der Waals surface area contributed by atoms with Crippen LogP contribution in [0.1, 0.15) is 6.23 Å². The molecule has 0 saturated carbocycles. The van der Waals surface area contributed by atoms with E-state index in [1.165, 1.54) is 6.07 Å². The highest BCUT2D eigenvalue weighted by Gasteiger charge is 2.43. The lowest BCUT2D eigenvalue weighted by Crippen LogP contribution is -2.28. The van der Waals surface area contributed by atoms with Crippen molar-refractivity contribution in [1.82, 2.24) is 9.55 Å². The zero-order valence-corrected chi connectivity index (χ0v) is 9.53. The molecule has 1 aliphatic heterocycles. The summed E-state index contributed by atoms with van der Waals surface area (Å²) < 4.78 is 31.5. The Hall–Kier alpha value is -1.84. The summed E-state index contributed by atoms with van der Waals surface area (Å²) in [5.41, 5.74) is 3.62. The van der Waals surface area contributed by atoms with Gasteiger partial charge in [-0.1, -0.05) is 0 Å². The van der Waals surface area contributed by atoms with Crippen molar-refractivity contribution in [3.8, 4) is 0 Å². The monoisotopic (exact) mass is 275 g/mol. The van der Waals surface area contributed by atoms with E-state index >= 15 is 0 Å². The Labute approximate surface area is 105 Å². The predicted octanol–water partition coefficient (Wildman–Crippen LogP) is -0.773. The van der Waals surface area contributed by atoms with Gasteiger partial charge < -0.3 is 20.7 Å². The first-order valence-electron chi connectivity index (χ1n) is 5.29. The second-order valence-electron chi connectivity index (χ2n) is 3.91. The summed E-state index contributed by atoms with van der Waals surface area (Å²) in [4.78, 5) is 15.0. The molecule has 0 aliphatic carbocycles. The number of hydrogen-bond acceptors (Lipinski definition) is 6. The van der Waals surface area contributed by atoms with Gasteiger partial charge in [-0.25, -0.2) is 4.79 Å². The first kappa shape index (κ1) is 13.6. The summed E-state index contributed by atoms with van der Waals surface area (Å²) in [5, 5.41) is 18.6. The minimum absolute atomic E-state index is 0.0650. The molecule has 104 valence electrons. The molecule has 1 aliphatic rings. The second-order valence-corrected chi connectivity index (χ2v) is 3.91. The largest absolute Gasteiger partial charge is 0.394 e. The quantitative estimate of drug-likeness (QED) is 0.653. The van der Waals surface area contributed by atoms with Crippen LogP contribution in [0, 0.1) is 0 Å². The Bertz CT molecular complexity index is 570. The molecule has 0 bridgehead atoms. The average molecular weight is 275 g/mol. The van der Waals surface area contributed by atoms with Crippen molar-refractivity contribution in [1.29, 1.82) is 0 Å². The highest BCUT2D eigenvalue weighted by molar-refractivity contribution is 5.25. The van der Waals surface area contributed by atoms with E-state index in [4.69, 9.17) is 15.6 Å². The molecule has 3 atom stereocenters. The third kappa shape index (κ3) is 2.35. The number of hydrogen-bond donors (Lipinski definition) is 3. The maximum Gasteiger partial charge on any atom is 0.351 e. The molecule has 0 aromatic carbocycles. The van der Waals surface area contributed by atoms with E-state index in [1.54, 1.807) is 0 Å². The Balaban J connectivity index is 2.49. The molecule has 0 amide bonds. The second kappa shape index (κ2) is 5.03. The fourth-order valence-electron chi connectivity index (χ4n) is 1.83. The molecule has 1 unspecified atom stereocenters. The van der Waals surface area contributed by atoms with Gasteiger partial charge in [0.05, 0.1) is 12.2 Å². The third-order valence-corrected chi connectivity index (χ3v) is 2.74. The molecule has 0 radical (unpaired) electrons. The minimum Gasteiger partial charge on any atom is -0.394 e. The number of nitrogens with zero attached hydrogens (tertiary/aromatic N) is 2. The summed E-state index contributed by atoms with van der Waals surface area (Å²) >= 11 is 0. The van der Waals surface area contributed by atoms with E-state index in [-0.39, 0.29) is 5.82 Å². The van der Waals surface area contributed by atoms with Crippen molar-refractivity contribution in [2.45, 2.75) is 18.4 Å². The first-order valence-corrected chi connectivity index (χ1v) is 5.29. The molecule has 1 saturated heterocycles. The maximum absolute atomic E-state index is 12.8. The number of aliphatic hydroxyl groups is 2. The normalized spacial score (nSPS) is 26.7.